The van der Waals surface area contributed by atoms with Crippen LogP contribution in [-0.2, 0) is 10.0 Å². The summed E-state index contributed by atoms with van der Waals surface area (Å²) in [6, 6.07) is 0.303. The van der Waals surface area contributed by atoms with Gasteiger partial charge in [0.1, 0.15) is 0 Å². The lowest BCUT2D eigenvalue weighted by molar-refractivity contribution is 0.299. The van der Waals surface area contributed by atoms with Crippen LogP contribution in [0.3, 0.4) is 0 Å². The summed E-state index contributed by atoms with van der Waals surface area (Å²) in [6.07, 6.45) is 7.38. The van der Waals surface area contributed by atoms with E-state index in [9.17, 15) is 8.42 Å². The van der Waals surface area contributed by atoms with E-state index in [4.69, 9.17) is 0 Å². The van der Waals surface area contributed by atoms with Crippen LogP contribution >= 0.6 is 0 Å². The molecule has 0 radical (unpaired) electrons. The first-order valence-corrected chi connectivity index (χ1v) is 8.86. The Balaban J connectivity index is 1.84. The van der Waals surface area contributed by atoms with Crippen LogP contribution in [0.4, 0.5) is 0 Å². The highest BCUT2D eigenvalue weighted by atomic mass is 32.2. The maximum atomic E-state index is 12.2. The van der Waals surface area contributed by atoms with E-state index in [1.807, 2.05) is 0 Å². The average molecular weight is 274 g/mol. The van der Waals surface area contributed by atoms with Gasteiger partial charge in [0.15, 0.2) is 0 Å². The van der Waals surface area contributed by atoms with Gasteiger partial charge >= 0.3 is 0 Å². The molecule has 2 aliphatic rings. The van der Waals surface area contributed by atoms with Crippen LogP contribution in [0.1, 0.15) is 51.9 Å². The number of piperidine rings is 1. The van der Waals surface area contributed by atoms with Crippen molar-refractivity contribution in [1.29, 1.82) is 0 Å². The molecule has 18 heavy (non-hydrogen) atoms. The Labute approximate surface area is 111 Å². The highest BCUT2D eigenvalue weighted by Crippen LogP contribution is 2.23. The third-order valence-electron chi connectivity index (χ3n) is 4.43. The number of rotatable bonds is 4. The molecule has 4 nitrogen and oxygen atoms in total. The molecular formula is C13H26N2O2S. The highest BCUT2D eigenvalue weighted by molar-refractivity contribution is 7.90. The molecule has 2 unspecified atom stereocenters. The summed E-state index contributed by atoms with van der Waals surface area (Å²) in [5, 5.41) is 3.27. The second-order valence-corrected chi connectivity index (χ2v) is 7.88. The van der Waals surface area contributed by atoms with E-state index in [0.29, 0.717) is 18.5 Å². The Morgan fingerprint density at radius 1 is 1.11 bits per heavy atom. The molecule has 1 aliphatic carbocycles. The number of hydrogen-bond donors (Lipinski definition) is 2. The molecule has 2 N–H and O–H groups in total. The Morgan fingerprint density at radius 3 is 2.50 bits per heavy atom. The Morgan fingerprint density at radius 2 is 1.83 bits per heavy atom. The molecule has 0 aromatic heterocycles. The van der Waals surface area contributed by atoms with E-state index in [1.165, 1.54) is 19.3 Å². The van der Waals surface area contributed by atoms with E-state index in [0.717, 1.165) is 32.2 Å². The second kappa shape index (κ2) is 6.35. The first kappa shape index (κ1) is 14.3. The van der Waals surface area contributed by atoms with E-state index in [2.05, 4.69) is 17.0 Å². The molecule has 1 aliphatic heterocycles. The van der Waals surface area contributed by atoms with Gasteiger partial charge in [-0.1, -0.05) is 26.2 Å². The third kappa shape index (κ3) is 3.68. The van der Waals surface area contributed by atoms with Crippen LogP contribution in [0.2, 0.25) is 0 Å². The van der Waals surface area contributed by atoms with Crippen LogP contribution in [-0.4, -0.2) is 32.8 Å². The largest absolute Gasteiger partial charge is 0.312 e. The van der Waals surface area contributed by atoms with Crippen LogP contribution in [0.15, 0.2) is 0 Å². The van der Waals surface area contributed by atoms with Crippen LogP contribution in [0.25, 0.3) is 0 Å². The molecule has 2 fully saturated rings. The van der Waals surface area contributed by atoms with Gasteiger partial charge in [0.2, 0.25) is 10.0 Å². The van der Waals surface area contributed by atoms with Crippen molar-refractivity contribution >= 4 is 10.0 Å². The summed E-state index contributed by atoms with van der Waals surface area (Å²) < 4.78 is 27.2. The second-order valence-electron chi connectivity index (χ2n) is 5.83. The highest BCUT2D eigenvalue weighted by Gasteiger charge is 2.29. The molecule has 106 valence electrons. The molecule has 5 heteroatoms. The Hall–Kier alpha value is -0.130. The van der Waals surface area contributed by atoms with Gasteiger partial charge in [0, 0.05) is 12.6 Å². The van der Waals surface area contributed by atoms with Gasteiger partial charge in [-0.2, -0.15) is 0 Å². The molecule has 1 saturated heterocycles. The molecular weight excluding hydrogens is 248 g/mol. The smallest absolute Gasteiger partial charge is 0.214 e. The zero-order chi connectivity index (χ0) is 13.0. The van der Waals surface area contributed by atoms with Crippen molar-refractivity contribution in [3.05, 3.63) is 0 Å². The van der Waals surface area contributed by atoms with Gasteiger partial charge in [-0.3, -0.25) is 0 Å². The van der Waals surface area contributed by atoms with Gasteiger partial charge in [0.25, 0.3) is 0 Å². The molecule has 0 aromatic carbocycles. The van der Waals surface area contributed by atoms with Crippen molar-refractivity contribution in [1.82, 2.24) is 10.0 Å². The van der Waals surface area contributed by atoms with Crippen molar-refractivity contribution in [2.45, 2.75) is 63.2 Å². The molecule has 2 atom stereocenters. The van der Waals surface area contributed by atoms with Crippen LogP contribution in [0.5, 0.6) is 0 Å². The minimum absolute atomic E-state index is 0.148. The van der Waals surface area contributed by atoms with Gasteiger partial charge < -0.3 is 5.32 Å². The van der Waals surface area contributed by atoms with Crippen molar-refractivity contribution in [2.75, 3.05) is 13.1 Å². The number of nitrogens with one attached hydrogen (secondary N) is 2. The molecule has 2 rings (SSSR count). The van der Waals surface area contributed by atoms with E-state index in [-0.39, 0.29) is 5.25 Å². The fourth-order valence-electron chi connectivity index (χ4n) is 3.09. The van der Waals surface area contributed by atoms with Gasteiger partial charge in [0.05, 0.1) is 5.25 Å². The molecule has 0 bridgehead atoms. The minimum atomic E-state index is -3.10. The molecule has 0 amide bonds. The summed E-state index contributed by atoms with van der Waals surface area (Å²) in [6.45, 7) is 3.77. The Bertz CT molecular complexity index is 350. The van der Waals surface area contributed by atoms with Crippen molar-refractivity contribution < 1.29 is 8.42 Å². The molecule has 0 aromatic rings. The van der Waals surface area contributed by atoms with Crippen molar-refractivity contribution in [3.8, 4) is 0 Å². The Kier molecular flexibility index (Phi) is 5.04. The summed E-state index contributed by atoms with van der Waals surface area (Å²) in [4.78, 5) is 0. The third-order valence-corrected chi connectivity index (χ3v) is 6.34. The molecule has 1 saturated carbocycles. The normalized spacial score (nSPS) is 31.4. The van der Waals surface area contributed by atoms with E-state index in [1.54, 1.807) is 0 Å². The first-order valence-electron chi connectivity index (χ1n) is 7.31. The maximum absolute atomic E-state index is 12.2. The molecule has 1 heterocycles. The van der Waals surface area contributed by atoms with Gasteiger partial charge in [-0.15, -0.1) is 0 Å². The van der Waals surface area contributed by atoms with E-state index >= 15 is 0 Å². The lowest BCUT2D eigenvalue weighted by atomic mass is 9.93. The number of hydrogen-bond acceptors (Lipinski definition) is 3. The van der Waals surface area contributed by atoms with Crippen LogP contribution in [0, 0.1) is 5.92 Å². The molecule has 0 spiro atoms. The van der Waals surface area contributed by atoms with Gasteiger partial charge in [-0.25, -0.2) is 13.1 Å². The average Bonchev–Trinajstić information content (AvgIpc) is 2.39. The predicted molar refractivity (Wildman–Crippen MR) is 74.0 cm³/mol. The van der Waals surface area contributed by atoms with Crippen molar-refractivity contribution in [2.24, 2.45) is 5.92 Å². The lowest BCUT2D eigenvalue weighted by Gasteiger charge is -2.31. The fraction of sp³-hybridized carbons (Fsp3) is 1.00. The zero-order valence-corrected chi connectivity index (χ0v) is 12.1. The van der Waals surface area contributed by atoms with Crippen LogP contribution < -0.4 is 10.0 Å². The monoisotopic (exact) mass is 274 g/mol. The number of sulfonamides is 1. The van der Waals surface area contributed by atoms with Gasteiger partial charge in [-0.05, 0) is 38.1 Å². The SMILES string of the molecule is CC1CCCNC1CNS(=O)(=O)C1CCCCC1. The standard InChI is InChI=1S/C13H26N2O2S/c1-11-6-5-9-14-13(11)10-15-18(16,17)12-7-3-2-4-8-12/h11-15H,2-10H2,1H3. The summed E-state index contributed by atoms with van der Waals surface area (Å²) in [7, 11) is -3.10. The summed E-state index contributed by atoms with van der Waals surface area (Å²) in [5.74, 6) is 0.563. The summed E-state index contributed by atoms with van der Waals surface area (Å²) >= 11 is 0. The lowest BCUT2D eigenvalue weighted by Crippen LogP contribution is -2.49. The van der Waals surface area contributed by atoms with Crippen molar-refractivity contribution in [3.63, 3.8) is 0 Å². The quantitative estimate of drug-likeness (QED) is 0.819. The van der Waals surface area contributed by atoms with E-state index < -0.39 is 10.0 Å². The fourth-order valence-corrected chi connectivity index (χ4v) is 4.69. The minimum Gasteiger partial charge on any atom is -0.312 e. The predicted octanol–water partition coefficient (Wildman–Crippen LogP) is 1.63. The summed E-state index contributed by atoms with van der Waals surface area (Å²) in [5.41, 5.74) is 0. The maximum Gasteiger partial charge on any atom is 0.214 e. The zero-order valence-electron chi connectivity index (χ0n) is 11.3. The first-order chi connectivity index (χ1) is 8.59. The topological polar surface area (TPSA) is 58.2 Å².